The lowest BCUT2D eigenvalue weighted by Crippen LogP contribution is -2.40. The molecule has 1 saturated heterocycles. The van der Waals surface area contributed by atoms with Crippen molar-refractivity contribution in [3.63, 3.8) is 0 Å². The van der Waals surface area contributed by atoms with Crippen LogP contribution in [0.2, 0.25) is 5.02 Å². The summed E-state index contributed by atoms with van der Waals surface area (Å²) < 4.78 is 39.0. The number of hydrogen-bond donors (Lipinski definition) is 1. The van der Waals surface area contributed by atoms with Gasteiger partial charge in [0.25, 0.3) is 0 Å². The SMILES string of the molecule is COC(=O)c1ccc(OC[C@@H]2C[C@H](F)CN2C(=O)Cc2ccc(Nc3nc4ccc(F)cc4s3)c(Cl)c2)cc1. The summed E-state index contributed by atoms with van der Waals surface area (Å²) in [5.74, 6) is -0.503. The Labute approximate surface area is 232 Å². The smallest absolute Gasteiger partial charge is 0.337 e. The highest BCUT2D eigenvalue weighted by Gasteiger charge is 2.35. The minimum Gasteiger partial charge on any atom is -0.491 e. The van der Waals surface area contributed by atoms with Crippen LogP contribution in [0.25, 0.3) is 10.2 Å². The van der Waals surface area contributed by atoms with E-state index in [1.807, 2.05) is 0 Å². The fraction of sp³-hybridized carbons (Fsp3) is 0.250. The number of benzene rings is 3. The Morgan fingerprint density at radius 3 is 2.69 bits per heavy atom. The van der Waals surface area contributed by atoms with Gasteiger partial charge in [-0.05, 0) is 60.2 Å². The van der Waals surface area contributed by atoms with Gasteiger partial charge in [-0.25, -0.2) is 18.6 Å². The molecule has 0 saturated carbocycles. The second-order valence-electron chi connectivity index (χ2n) is 9.11. The summed E-state index contributed by atoms with van der Waals surface area (Å²) in [5, 5.41) is 4.10. The van der Waals surface area contributed by atoms with Gasteiger partial charge in [0.15, 0.2) is 5.13 Å². The molecule has 1 N–H and O–H groups in total. The molecule has 0 unspecified atom stereocenters. The van der Waals surface area contributed by atoms with E-state index in [0.29, 0.717) is 42.9 Å². The number of carbonyl (C=O) groups is 2. The molecule has 4 aromatic rings. The fourth-order valence-electron chi connectivity index (χ4n) is 4.43. The first-order chi connectivity index (χ1) is 18.8. The lowest BCUT2D eigenvalue weighted by Gasteiger charge is -2.24. The molecule has 1 aromatic heterocycles. The number of halogens is 3. The van der Waals surface area contributed by atoms with E-state index in [-0.39, 0.29) is 37.7 Å². The lowest BCUT2D eigenvalue weighted by atomic mass is 10.1. The highest BCUT2D eigenvalue weighted by Crippen LogP contribution is 2.32. The largest absolute Gasteiger partial charge is 0.491 e. The number of anilines is 2. The third-order valence-electron chi connectivity index (χ3n) is 6.38. The van der Waals surface area contributed by atoms with Crippen LogP contribution in [0, 0.1) is 5.82 Å². The summed E-state index contributed by atoms with van der Waals surface area (Å²) in [6, 6.07) is 15.6. The van der Waals surface area contributed by atoms with Gasteiger partial charge < -0.3 is 19.7 Å². The summed E-state index contributed by atoms with van der Waals surface area (Å²) >= 11 is 7.78. The molecule has 0 bridgehead atoms. The van der Waals surface area contributed by atoms with Crippen molar-refractivity contribution in [3.8, 4) is 5.75 Å². The number of likely N-dealkylation sites (tertiary alicyclic amines) is 1. The van der Waals surface area contributed by atoms with Crippen LogP contribution in [-0.4, -0.2) is 54.2 Å². The van der Waals surface area contributed by atoms with Crippen LogP contribution in [0.4, 0.5) is 19.6 Å². The molecule has 11 heteroatoms. The zero-order chi connectivity index (χ0) is 27.5. The third-order valence-corrected chi connectivity index (χ3v) is 7.63. The molecule has 7 nitrogen and oxygen atoms in total. The molecule has 1 amide bonds. The average Bonchev–Trinajstić information content (AvgIpc) is 3.50. The van der Waals surface area contributed by atoms with Crippen molar-refractivity contribution in [2.45, 2.75) is 25.1 Å². The van der Waals surface area contributed by atoms with Gasteiger partial charge in [0.2, 0.25) is 5.91 Å². The number of aromatic nitrogens is 1. The van der Waals surface area contributed by atoms with E-state index in [1.165, 1.54) is 35.5 Å². The molecule has 5 rings (SSSR count). The van der Waals surface area contributed by atoms with E-state index in [0.717, 1.165) is 0 Å². The minimum atomic E-state index is -1.14. The van der Waals surface area contributed by atoms with E-state index >= 15 is 0 Å². The van der Waals surface area contributed by atoms with Crippen LogP contribution < -0.4 is 10.1 Å². The first-order valence-corrected chi connectivity index (χ1v) is 13.3. The van der Waals surface area contributed by atoms with Gasteiger partial charge in [-0.2, -0.15) is 0 Å². The summed E-state index contributed by atoms with van der Waals surface area (Å²) in [6.07, 6.45) is -0.902. The summed E-state index contributed by atoms with van der Waals surface area (Å²) in [6.45, 7) is 0.124. The summed E-state index contributed by atoms with van der Waals surface area (Å²) in [7, 11) is 1.30. The molecule has 0 spiro atoms. The zero-order valence-corrected chi connectivity index (χ0v) is 22.4. The van der Waals surface area contributed by atoms with Crippen molar-refractivity contribution in [2.24, 2.45) is 0 Å². The molecule has 0 aliphatic carbocycles. The van der Waals surface area contributed by atoms with Crippen molar-refractivity contribution in [1.82, 2.24) is 9.88 Å². The topological polar surface area (TPSA) is 80.8 Å². The Kier molecular flexibility index (Phi) is 7.94. The third kappa shape index (κ3) is 6.29. The van der Waals surface area contributed by atoms with Gasteiger partial charge in [0.1, 0.15) is 24.3 Å². The van der Waals surface area contributed by atoms with E-state index in [9.17, 15) is 18.4 Å². The highest BCUT2D eigenvalue weighted by atomic mass is 35.5. The molecule has 2 heterocycles. The number of esters is 1. The molecule has 1 aliphatic heterocycles. The maximum atomic E-state index is 14.3. The van der Waals surface area contributed by atoms with Gasteiger partial charge >= 0.3 is 5.97 Å². The van der Waals surface area contributed by atoms with Crippen LogP contribution in [0.1, 0.15) is 22.3 Å². The second kappa shape index (κ2) is 11.5. The first kappa shape index (κ1) is 26.8. The number of hydrogen-bond acceptors (Lipinski definition) is 7. The first-order valence-electron chi connectivity index (χ1n) is 12.2. The Morgan fingerprint density at radius 1 is 1.15 bits per heavy atom. The molecule has 2 atom stereocenters. The molecule has 1 aliphatic rings. The number of amides is 1. The van der Waals surface area contributed by atoms with Crippen LogP contribution in [0.5, 0.6) is 5.75 Å². The van der Waals surface area contributed by atoms with E-state index in [4.69, 9.17) is 16.3 Å². The number of methoxy groups -OCH3 is 1. The second-order valence-corrected chi connectivity index (χ2v) is 10.5. The summed E-state index contributed by atoms with van der Waals surface area (Å²) in [5.41, 5.74) is 2.35. The van der Waals surface area contributed by atoms with Gasteiger partial charge in [0.05, 0.1) is 52.6 Å². The Hall–Kier alpha value is -3.76. The Morgan fingerprint density at radius 2 is 1.95 bits per heavy atom. The van der Waals surface area contributed by atoms with Gasteiger partial charge in [-0.1, -0.05) is 29.0 Å². The summed E-state index contributed by atoms with van der Waals surface area (Å²) in [4.78, 5) is 30.6. The predicted octanol–water partition coefficient (Wildman–Crippen LogP) is 6.18. The predicted molar refractivity (Wildman–Crippen MR) is 146 cm³/mol. The maximum absolute atomic E-state index is 14.3. The monoisotopic (exact) mass is 571 g/mol. The van der Waals surface area contributed by atoms with Crippen molar-refractivity contribution in [2.75, 3.05) is 25.6 Å². The van der Waals surface area contributed by atoms with Crippen LogP contribution in [0.3, 0.4) is 0 Å². The molecule has 3 aromatic carbocycles. The van der Waals surface area contributed by atoms with E-state index in [2.05, 4.69) is 15.0 Å². The molecule has 39 heavy (non-hydrogen) atoms. The fourth-order valence-corrected chi connectivity index (χ4v) is 5.59. The van der Waals surface area contributed by atoms with Gasteiger partial charge in [0, 0.05) is 6.42 Å². The average molecular weight is 572 g/mol. The number of thiazole rings is 1. The number of alkyl halides is 1. The molecule has 0 radical (unpaired) electrons. The van der Waals surface area contributed by atoms with Gasteiger partial charge in [-0.15, -0.1) is 0 Å². The number of nitrogens with one attached hydrogen (secondary N) is 1. The normalized spacial score (nSPS) is 16.9. The number of ether oxygens (including phenoxy) is 2. The lowest BCUT2D eigenvalue weighted by molar-refractivity contribution is -0.132. The zero-order valence-electron chi connectivity index (χ0n) is 20.8. The van der Waals surface area contributed by atoms with E-state index in [1.54, 1.807) is 48.5 Å². The van der Waals surface area contributed by atoms with Crippen molar-refractivity contribution < 1.29 is 27.8 Å². The molecular formula is C28H24ClF2N3O4S. The van der Waals surface area contributed by atoms with E-state index < -0.39 is 18.2 Å². The Bertz CT molecular complexity index is 1510. The number of carbonyl (C=O) groups excluding carboxylic acids is 2. The molecular weight excluding hydrogens is 548 g/mol. The van der Waals surface area contributed by atoms with Crippen molar-refractivity contribution >= 4 is 55.8 Å². The van der Waals surface area contributed by atoms with Crippen LogP contribution in [0.15, 0.2) is 60.7 Å². The van der Waals surface area contributed by atoms with Crippen LogP contribution in [-0.2, 0) is 16.0 Å². The minimum absolute atomic E-state index is 0.000287. The van der Waals surface area contributed by atoms with Crippen LogP contribution >= 0.6 is 22.9 Å². The number of nitrogens with zero attached hydrogens (tertiary/aromatic N) is 2. The van der Waals surface area contributed by atoms with Crippen molar-refractivity contribution in [1.29, 1.82) is 0 Å². The highest BCUT2D eigenvalue weighted by molar-refractivity contribution is 7.22. The van der Waals surface area contributed by atoms with Gasteiger partial charge in [-0.3, -0.25) is 4.79 Å². The number of fused-ring (bicyclic) bond motifs is 1. The maximum Gasteiger partial charge on any atom is 0.337 e. The Balaban J connectivity index is 1.20. The van der Waals surface area contributed by atoms with Crippen molar-refractivity contribution in [3.05, 3.63) is 82.6 Å². The standard InChI is InChI=1S/C28H24ClF2N3O4S/c1-37-27(36)17-3-6-21(7-4-17)38-15-20-12-19(31)14-34(20)26(35)11-16-2-8-23(22(29)10-16)32-28-33-24-9-5-18(30)13-25(24)39-28/h2-10,13,19-20H,11-12,14-15H2,1H3,(H,32,33)/t19-,20-/m0/s1. The number of rotatable bonds is 8. The molecule has 1 fully saturated rings. The molecule has 202 valence electrons. The quantitative estimate of drug-likeness (QED) is 0.254.